The monoisotopic (exact) mass is 509 g/mol. The van der Waals surface area contributed by atoms with E-state index < -0.39 is 6.04 Å². The maximum absolute atomic E-state index is 13.5. The lowest BCUT2D eigenvalue weighted by Crippen LogP contribution is -2.49. The zero-order valence-electron chi connectivity index (χ0n) is 21.4. The van der Waals surface area contributed by atoms with Crippen molar-refractivity contribution in [1.29, 1.82) is 0 Å². The number of nitrogens with zero attached hydrogens (tertiary/aromatic N) is 6. The van der Waals surface area contributed by atoms with Gasteiger partial charge in [0.05, 0.1) is 5.52 Å². The lowest BCUT2D eigenvalue weighted by molar-refractivity contribution is -0.138. The van der Waals surface area contributed by atoms with E-state index >= 15 is 0 Å². The van der Waals surface area contributed by atoms with Crippen LogP contribution in [0.25, 0.3) is 22.0 Å². The van der Waals surface area contributed by atoms with Crippen LogP contribution in [0, 0.1) is 13.8 Å². The lowest BCUT2D eigenvalue weighted by atomic mass is 10.0. The van der Waals surface area contributed by atoms with Gasteiger partial charge in [-0.2, -0.15) is 5.10 Å². The number of carbonyl (C=O) groups excluding carboxylic acids is 3. The van der Waals surface area contributed by atoms with Crippen molar-refractivity contribution in [3.8, 4) is 11.1 Å². The zero-order chi connectivity index (χ0) is 26.8. The van der Waals surface area contributed by atoms with Gasteiger partial charge in [0.2, 0.25) is 11.8 Å². The molecule has 0 bridgehead atoms. The summed E-state index contributed by atoms with van der Waals surface area (Å²) in [6.45, 7) is 5.29. The summed E-state index contributed by atoms with van der Waals surface area (Å²) in [4.78, 5) is 53.3. The van der Waals surface area contributed by atoms with Crippen molar-refractivity contribution >= 4 is 34.3 Å². The van der Waals surface area contributed by atoms with Crippen LogP contribution < -0.4 is 5.32 Å². The first-order valence-corrected chi connectivity index (χ1v) is 12.3. The fourth-order valence-electron chi connectivity index (χ4n) is 4.51. The van der Waals surface area contributed by atoms with Crippen molar-refractivity contribution in [3.63, 3.8) is 0 Å². The van der Waals surface area contributed by atoms with E-state index in [1.54, 1.807) is 18.5 Å². The first-order chi connectivity index (χ1) is 18.3. The molecule has 192 valence electrons. The molecule has 4 aromatic rings. The quantitative estimate of drug-likeness (QED) is 0.312. The van der Waals surface area contributed by atoms with Crippen LogP contribution in [0.4, 0.5) is 5.82 Å². The van der Waals surface area contributed by atoms with Crippen LogP contribution in [0.3, 0.4) is 0 Å². The number of rotatable bonds is 6. The minimum Gasteiger partial charge on any atom is -0.325 e. The Morgan fingerprint density at radius 3 is 2.55 bits per heavy atom. The number of hydrogen-bond donors (Lipinski definition) is 1. The number of aryl methyl sites for hydroxylation is 2. The van der Waals surface area contributed by atoms with E-state index in [0.717, 1.165) is 16.8 Å². The van der Waals surface area contributed by atoms with Crippen LogP contribution >= 0.6 is 0 Å². The Bertz CT molecular complexity index is 1570. The van der Waals surface area contributed by atoms with E-state index in [4.69, 9.17) is 0 Å². The number of anilines is 1. The first kappa shape index (κ1) is 24.9. The van der Waals surface area contributed by atoms with Gasteiger partial charge in [0, 0.05) is 42.5 Å². The molecule has 10 nitrogen and oxygen atoms in total. The fraction of sp³-hybridized carbons (Fsp3) is 0.250. The largest absolute Gasteiger partial charge is 0.325 e. The predicted octanol–water partition coefficient (Wildman–Crippen LogP) is 3.50. The Morgan fingerprint density at radius 1 is 1.03 bits per heavy atom. The second kappa shape index (κ2) is 10.3. The smallest absolute Gasteiger partial charge is 0.248 e. The molecule has 38 heavy (non-hydrogen) atoms. The summed E-state index contributed by atoms with van der Waals surface area (Å²) in [6.07, 6.45) is 7.61. The molecule has 1 aromatic carbocycles. The van der Waals surface area contributed by atoms with Crippen molar-refractivity contribution in [2.75, 3.05) is 11.9 Å². The molecule has 1 aliphatic rings. The molecule has 0 radical (unpaired) electrons. The van der Waals surface area contributed by atoms with Gasteiger partial charge in [0.1, 0.15) is 29.9 Å². The molecule has 1 atom stereocenters. The van der Waals surface area contributed by atoms with Crippen LogP contribution in [0.15, 0.2) is 60.9 Å². The van der Waals surface area contributed by atoms with Crippen molar-refractivity contribution in [2.45, 2.75) is 39.8 Å². The molecular weight excluding hydrogens is 482 g/mol. The fourth-order valence-corrected chi connectivity index (χ4v) is 4.51. The molecule has 1 N–H and O–H groups in total. The van der Waals surface area contributed by atoms with Gasteiger partial charge in [-0.1, -0.05) is 24.3 Å². The Hall–Kier alpha value is -4.73. The van der Waals surface area contributed by atoms with Gasteiger partial charge in [-0.05, 0) is 50.1 Å². The second-order valence-electron chi connectivity index (χ2n) is 9.24. The predicted molar refractivity (Wildman–Crippen MR) is 142 cm³/mol. The van der Waals surface area contributed by atoms with E-state index in [2.05, 4.69) is 25.4 Å². The molecule has 0 saturated heterocycles. The van der Waals surface area contributed by atoms with Crippen molar-refractivity contribution in [2.24, 2.45) is 0 Å². The maximum Gasteiger partial charge on any atom is 0.248 e. The summed E-state index contributed by atoms with van der Waals surface area (Å²) in [5.41, 5.74) is 3.37. The Kier molecular flexibility index (Phi) is 6.78. The third-order valence-corrected chi connectivity index (χ3v) is 6.45. The molecule has 0 saturated carbocycles. The van der Waals surface area contributed by atoms with Gasteiger partial charge in [0.15, 0.2) is 5.78 Å². The molecular formula is C28H27N7O3. The van der Waals surface area contributed by atoms with Gasteiger partial charge in [-0.15, -0.1) is 0 Å². The normalized spacial score (nSPS) is 15.0. The summed E-state index contributed by atoms with van der Waals surface area (Å²) in [5, 5.41) is 7.94. The molecule has 5 rings (SSSR count). The standard InChI is InChI=1S/C28H27N7O3/c1-17-7-6-9-25(31-17)32-28(38)24-8-4-5-12-34(24)26(37)16-35-23-11-10-20(21-14-29-19(3)30-15-21)13-22(23)27(33-35)18(2)36/h4-7,9-11,13-15,24H,8,12,16H2,1-3H3,(H,31,32,38). The average molecular weight is 510 g/mol. The van der Waals surface area contributed by atoms with E-state index in [0.29, 0.717) is 35.5 Å². The summed E-state index contributed by atoms with van der Waals surface area (Å²) in [6, 6.07) is 10.3. The van der Waals surface area contributed by atoms with Gasteiger partial charge in [-0.3, -0.25) is 19.1 Å². The highest BCUT2D eigenvalue weighted by atomic mass is 16.2. The van der Waals surface area contributed by atoms with Crippen molar-refractivity contribution < 1.29 is 14.4 Å². The SMILES string of the molecule is CC(=O)c1nn(CC(=O)N2CC=CCC2C(=O)Nc2cccc(C)n2)c2ccc(-c3cnc(C)nc3)cc12. The third kappa shape index (κ3) is 5.06. The number of carbonyl (C=O) groups is 3. The number of pyridine rings is 1. The van der Waals surface area contributed by atoms with Gasteiger partial charge in [0.25, 0.3) is 0 Å². The summed E-state index contributed by atoms with van der Waals surface area (Å²) < 4.78 is 1.53. The number of amides is 2. The molecule has 0 spiro atoms. The molecule has 0 aliphatic carbocycles. The molecule has 2 amide bonds. The second-order valence-corrected chi connectivity index (χ2v) is 9.24. The molecule has 1 unspecified atom stereocenters. The van der Waals surface area contributed by atoms with E-state index in [1.807, 2.05) is 56.3 Å². The summed E-state index contributed by atoms with van der Waals surface area (Å²) in [7, 11) is 0. The van der Waals surface area contributed by atoms with Gasteiger partial charge in [-0.25, -0.2) is 15.0 Å². The van der Waals surface area contributed by atoms with E-state index in [-0.39, 0.29) is 29.8 Å². The topological polar surface area (TPSA) is 123 Å². The van der Waals surface area contributed by atoms with Crippen LogP contribution in [0.2, 0.25) is 0 Å². The lowest BCUT2D eigenvalue weighted by Gasteiger charge is -2.32. The van der Waals surface area contributed by atoms with Crippen molar-refractivity contribution in [3.05, 3.63) is 78.2 Å². The number of hydrogen-bond acceptors (Lipinski definition) is 7. The number of nitrogens with one attached hydrogen (secondary N) is 1. The van der Waals surface area contributed by atoms with Crippen LogP contribution in [0.1, 0.15) is 35.4 Å². The third-order valence-electron chi connectivity index (χ3n) is 6.45. The number of fused-ring (bicyclic) bond motifs is 1. The molecule has 10 heteroatoms. The molecule has 3 aromatic heterocycles. The molecule has 1 aliphatic heterocycles. The number of benzene rings is 1. The maximum atomic E-state index is 13.5. The number of Topliss-reactive ketones (excluding diaryl/α,β-unsaturated/α-hetero) is 1. The zero-order valence-corrected chi connectivity index (χ0v) is 21.4. The highest BCUT2D eigenvalue weighted by Gasteiger charge is 2.31. The highest BCUT2D eigenvalue weighted by Crippen LogP contribution is 2.27. The molecule has 4 heterocycles. The first-order valence-electron chi connectivity index (χ1n) is 12.3. The number of ketones is 1. The van der Waals surface area contributed by atoms with Gasteiger partial charge < -0.3 is 10.2 Å². The van der Waals surface area contributed by atoms with Crippen LogP contribution in [-0.2, 0) is 16.1 Å². The molecule has 0 fully saturated rings. The Morgan fingerprint density at radius 2 is 1.82 bits per heavy atom. The van der Waals surface area contributed by atoms with Crippen molar-refractivity contribution in [1.82, 2.24) is 29.6 Å². The van der Waals surface area contributed by atoms with Crippen LogP contribution in [0.5, 0.6) is 0 Å². The van der Waals surface area contributed by atoms with E-state index in [9.17, 15) is 14.4 Å². The minimum atomic E-state index is -0.683. The minimum absolute atomic E-state index is 0.114. The Balaban J connectivity index is 1.41. The Labute approximate surface area is 219 Å². The summed E-state index contributed by atoms with van der Waals surface area (Å²) in [5.74, 6) is 0.321. The summed E-state index contributed by atoms with van der Waals surface area (Å²) >= 11 is 0. The van der Waals surface area contributed by atoms with Crippen LogP contribution in [-0.4, -0.2) is 59.8 Å². The van der Waals surface area contributed by atoms with Gasteiger partial charge >= 0.3 is 0 Å². The number of aromatic nitrogens is 5. The van der Waals surface area contributed by atoms with E-state index in [1.165, 1.54) is 16.5 Å². The highest BCUT2D eigenvalue weighted by molar-refractivity contribution is 6.06. The average Bonchev–Trinajstić information content (AvgIpc) is 3.27.